The van der Waals surface area contributed by atoms with Crippen molar-refractivity contribution in [3.63, 3.8) is 0 Å². The van der Waals surface area contributed by atoms with Crippen molar-refractivity contribution in [2.45, 2.75) is 44.9 Å². The topological polar surface area (TPSA) is 36.4 Å². The second-order valence-corrected chi connectivity index (χ2v) is 7.18. The van der Waals surface area contributed by atoms with E-state index in [2.05, 4.69) is 9.88 Å². The van der Waals surface area contributed by atoms with Crippen LogP contribution in [0.15, 0.2) is 18.3 Å². The van der Waals surface area contributed by atoms with E-state index in [-0.39, 0.29) is 0 Å². The SMILES string of the molecule is O=C(CCC1CCCCC1)N1CCN(c2ccc(Cl)cn2)CC1. The van der Waals surface area contributed by atoms with E-state index in [9.17, 15) is 4.79 Å². The average Bonchev–Trinajstić information content (AvgIpc) is 2.61. The lowest BCUT2D eigenvalue weighted by molar-refractivity contribution is -0.131. The van der Waals surface area contributed by atoms with Crippen LogP contribution in [-0.2, 0) is 4.79 Å². The van der Waals surface area contributed by atoms with Crippen molar-refractivity contribution in [2.24, 2.45) is 5.92 Å². The smallest absolute Gasteiger partial charge is 0.222 e. The summed E-state index contributed by atoms with van der Waals surface area (Å²) in [5.74, 6) is 2.07. The maximum Gasteiger partial charge on any atom is 0.222 e. The van der Waals surface area contributed by atoms with Gasteiger partial charge in [-0.05, 0) is 24.5 Å². The van der Waals surface area contributed by atoms with Crippen molar-refractivity contribution in [2.75, 3.05) is 31.1 Å². The van der Waals surface area contributed by atoms with E-state index in [1.165, 1.54) is 32.1 Å². The highest BCUT2D eigenvalue weighted by Crippen LogP contribution is 2.27. The Morgan fingerprint density at radius 2 is 1.87 bits per heavy atom. The summed E-state index contributed by atoms with van der Waals surface area (Å²) in [4.78, 5) is 21.0. The molecule has 1 saturated heterocycles. The van der Waals surface area contributed by atoms with E-state index in [1.54, 1.807) is 6.20 Å². The van der Waals surface area contributed by atoms with Gasteiger partial charge in [0.1, 0.15) is 5.82 Å². The number of amides is 1. The highest BCUT2D eigenvalue weighted by molar-refractivity contribution is 6.30. The van der Waals surface area contributed by atoms with Crippen molar-refractivity contribution >= 4 is 23.3 Å². The van der Waals surface area contributed by atoms with Crippen LogP contribution in [0.3, 0.4) is 0 Å². The number of carbonyl (C=O) groups excluding carboxylic acids is 1. The van der Waals surface area contributed by atoms with Gasteiger partial charge in [-0.15, -0.1) is 0 Å². The van der Waals surface area contributed by atoms with Gasteiger partial charge in [0, 0.05) is 38.8 Å². The van der Waals surface area contributed by atoms with Gasteiger partial charge in [0.2, 0.25) is 5.91 Å². The van der Waals surface area contributed by atoms with Crippen LogP contribution in [0.5, 0.6) is 0 Å². The molecule has 1 saturated carbocycles. The Hall–Kier alpha value is -1.29. The fourth-order valence-corrected chi connectivity index (χ4v) is 3.81. The maximum absolute atomic E-state index is 12.4. The normalized spacial score (nSPS) is 19.9. The van der Waals surface area contributed by atoms with Crippen LogP contribution in [0.2, 0.25) is 5.02 Å². The number of rotatable bonds is 4. The number of hydrogen-bond acceptors (Lipinski definition) is 3. The first-order valence-electron chi connectivity index (χ1n) is 8.86. The van der Waals surface area contributed by atoms with Crippen molar-refractivity contribution in [1.82, 2.24) is 9.88 Å². The van der Waals surface area contributed by atoms with Crippen molar-refractivity contribution in [3.05, 3.63) is 23.4 Å². The predicted octanol–water partition coefficient (Wildman–Crippen LogP) is 3.74. The van der Waals surface area contributed by atoms with Gasteiger partial charge in [0.15, 0.2) is 0 Å². The monoisotopic (exact) mass is 335 g/mol. The molecule has 3 rings (SSSR count). The summed E-state index contributed by atoms with van der Waals surface area (Å²) in [5, 5.41) is 0.658. The second-order valence-electron chi connectivity index (χ2n) is 6.75. The summed E-state index contributed by atoms with van der Waals surface area (Å²) >= 11 is 5.88. The van der Waals surface area contributed by atoms with Crippen LogP contribution in [0.4, 0.5) is 5.82 Å². The summed E-state index contributed by atoms with van der Waals surface area (Å²) in [5.41, 5.74) is 0. The van der Waals surface area contributed by atoms with Gasteiger partial charge in [-0.3, -0.25) is 4.79 Å². The van der Waals surface area contributed by atoms with E-state index < -0.39 is 0 Å². The molecule has 1 aliphatic carbocycles. The number of anilines is 1. The number of hydrogen-bond donors (Lipinski definition) is 0. The summed E-state index contributed by atoms with van der Waals surface area (Å²) in [7, 11) is 0. The maximum atomic E-state index is 12.4. The quantitative estimate of drug-likeness (QED) is 0.841. The molecule has 2 aliphatic rings. The molecular weight excluding hydrogens is 310 g/mol. The number of halogens is 1. The molecule has 4 nitrogen and oxygen atoms in total. The molecule has 0 spiro atoms. The summed E-state index contributed by atoms with van der Waals surface area (Å²) in [6, 6.07) is 3.81. The van der Waals surface area contributed by atoms with Gasteiger partial charge in [-0.25, -0.2) is 4.98 Å². The first-order chi connectivity index (χ1) is 11.2. The largest absolute Gasteiger partial charge is 0.353 e. The van der Waals surface area contributed by atoms with Gasteiger partial charge in [-0.2, -0.15) is 0 Å². The molecule has 1 aromatic rings. The van der Waals surface area contributed by atoms with Gasteiger partial charge in [0.05, 0.1) is 5.02 Å². The number of pyridine rings is 1. The highest BCUT2D eigenvalue weighted by atomic mass is 35.5. The van der Waals surface area contributed by atoms with Crippen LogP contribution >= 0.6 is 11.6 Å². The molecule has 1 aromatic heterocycles. The predicted molar refractivity (Wildman–Crippen MR) is 93.8 cm³/mol. The van der Waals surface area contributed by atoms with E-state index in [0.717, 1.165) is 50.8 Å². The summed E-state index contributed by atoms with van der Waals surface area (Å²) < 4.78 is 0. The Kier molecular flexibility index (Phi) is 5.76. The third kappa shape index (κ3) is 4.60. The third-order valence-electron chi connectivity index (χ3n) is 5.16. The Morgan fingerprint density at radius 1 is 1.13 bits per heavy atom. The van der Waals surface area contributed by atoms with Gasteiger partial charge < -0.3 is 9.80 Å². The van der Waals surface area contributed by atoms with E-state index in [1.807, 2.05) is 17.0 Å². The lowest BCUT2D eigenvalue weighted by Gasteiger charge is -2.35. The molecule has 0 N–H and O–H groups in total. The van der Waals surface area contributed by atoms with E-state index >= 15 is 0 Å². The minimum Gasteiger partial charge on any atom is -0.353 e. The number of piperazine rings is 1. The number of aromatic nitrogens is 1. The lowest BCUT2D eigenvalue weighted by Crippen LogP contribution is -2.49. The molecule has 0 atom stereocenters. The minimum atomic E-state index is 0.333. The number of carbonyl (C=O) groups is 1. The van der Waals surface area contributed by atoms with Gasteiger partial charge >= 0.3 is 0 Å². The van der Waals surface area contributed by atoms with Crippen molar-refractivity contribution in [3.8, 4) is 0 Å². The second kappa shape index (κ2) is 8.00. The molecule has 0 aromatic carbocycles. The number of nitrogens with zero attached hydrogens (tertiary/aromatic N) is 3. The van der Waals surface area contributed by atoms with Gasteiger partial charge in [0.25, 0.3) is 0 Å². The van der Waals surface area contributed by atoms with Crippen LogP contribution in [0.1, 0.15) is 44.9 Å². The van der Waals surface area contributed by atoms with E-state index in [4.69, 9.17) is 11.6 Å². The molecule has 0 radical (unpaired) electrons. The fourth-order valence-electron chi connectivity index (χ4n) is 3.70. The first-order valence-corrected chi connectivity index (χ1v) is 9.24. The summed E-state index contributed by atoms with van der Waals surface area (Å²) in [6.45, 7) is 3.30. The Bertz CT molecular complexity index is 506. The minimum absolute atomic E-state index is 0.333. The zero-order chi connectivity index (χ0) is 16.1. The van der Waals surface area contributed by atoms with E-state index in [0.29, 0.717) is 10.9 Å². The zero-order valence-electron chi connectivity index (χ0n) is 13.7. The molecule has 23 heavy (non-hydrogen) atoms. The molecule has 126 valence electrons. The van der Waals surface area contributed by atoms with Gasteiger partial charge in [-0.1, -0.05) is 43.7 Å². The highest BCUT2D eigenvalue weighted by Gasteiger charge is 2.23. The zero-order valence-corrected chi connectivity index (χ0v) is 14.5. The molecule has 0 unspecified atom stereocenters. The molecule has 2 heterocycles. The molecule has 0 bridgehead atoms. The molecule has 2 fully saturated rings. The standard InChI is InChI=1S/C18H26ClN3O/c19-16-7-8-17(20-14-16)21-10-12-22(13-11-21)18(23)9-6-15-4-2-1-3-5-15/h7-8,14-15H,1-6,9-13H2. The molecule has 5 heteroatoms. The third-order valence-corrected chi connectivity index (χ3v) is 5.38. The average molecular weight is 336 g/mol. The van der Waals surface area contributed by atoms with Crippen molar-refractivity contribution in [1.29, 1.82) is 0 Å². The van der Waals surface area contributed by atoms with Crippen LogP contribution < -0.4 is 4.90 Å². The van der Waals surface area contributed by atoms with Crippen molar-refractivity contribution < 1.29 is 4.79 Å². The molecule has 1 aliphatic heterocycles. The Labute approximate surface area is 143 Å². The summed E-state index contributed by atoms with van der Waals surface area (Å²) in [6.07, 6.45) is 10.2. The Morgan fingerprint density at radius 3 is 2.52 bits per heavy atom. The molecular formula is C18H26ClN3O. The fraction of sp³-hybridized carbons (Fsp3) is 0.667. The lowest BCUT2D eigenvalue weighted by atomic mass is 9.86. The Balaban J connectivity index is 1.42. The van der Waals surface area contributed by atoms with Crippen LogP contribution in [0.25, 0.3) is 0 Å². The molecule has 1 amide bonds. The van der Waals surface area contributed by atoms with Crippen LogP contribution in [0, 0.1) is 5.92 Å². The van der Waals surface area contributed by atoms with Crippen LogP contribution in [-0.4, -0.2) is 42.0 Å². The first kappa shape index (κ1) is 16.6.